The Hall–Kier alpha value is -1.06. The summed E-state index contributed by atoms with van der Waals surface area (Å²) in [7, 11) is 0. The molecule has 25 heavy (non-hydrogen) atoms. The number of hydrogen-bond acceptors (Lipinski definition) is 5. The number of thiophene rings is 1. The second kappa shape index (κ2) is 8.09. The van der Waals surface area contributed by atoms with Gasteiger partial charge >= 0.3 is 0 Å². The third-order valence-electron chi connectivity index (χ3n) is 3.48. The van der Waals surface area contributed by atoms with Crippen molar-refractivity contribution in [2.24, 2.45) is 0 Å². The van der Waals surface area contributed by atoms with E-state index in [9.17, 15) is 14.4 Å². The number of carbonyl (C=O) groups excluding carboxylic acids is 3. The molecule has 1 saturated heterocycles. The molecule has 1 aromatic heterocycles. The largest absolute Gasteiger partial charge is 0.350 e. The van der Waals surface area contributed by atoms with Gasteiger partial charge in [-0.2, -0.15) is 0 Å². The first-order valence-corrected chi connectivity index (χ1v) is 10.6. The molecule has 2 heterocycles. The predicted molar refractivity (Wildman–Crippen MR) is 105 cm³/mol. The summed E-state index contributed by atoms with van der Waals surface area (Å²) in [5, 5.41) is 5.63. The van der Waals surface area contributed by atoms with Crippen LogP contribution in [0.4, 0.5) is 0 Å². The first-order valence-electron chi connectivity index (χ1n) is 7.85. The summed E-state index contributed by atoms with van der Waals surface area (Å²) in [5.41, 5.74) is -0.356. The van der Waals surface area contributed by atoms with Crippen molar-refractivity contribution in [2.45, 2.75) is 45.3 Å². The molecule has 138 valence electrons. The summed E-state index contributed by atoms with van der Waals surface area (Å²) in [5.74, 6) is 0.312. The Kier molecular flexibility index (Phi) is 6.56. The smallest absolute Gasteiger partial charge is 0.262 e. The summed E-state index contributed by atoms with van der Waals surface area (Å²) < 4.78 is 0.853. The van der Waals surface area contributed by atoms with Gasteiger partial charge in [0.15, 0.2) is 0 Å². The number of rotatable bonds is 4. The molecule has 0 aliphatic carbocycles. The van der Waals surface area contributed by atoms with Crippen LogP contribution in [-0.2, 0) is 9.59 Å². The van der Waals surface area contributed by atoms with Crippen LogP contribution in [0.15, 0.2) is 15.9 Å². The fourth-order valence-corrected chi connectivity index (χ4v) is 4.80. The molecule has 0 saturated carbocycles. The predicted octanol–water partition coefficient (Wildman–Crippen LogP) is 2.45. The van der Waals surface area contributed by atoms with Gasteiger partial charge in [0.25, 0.3) is 5.91 Å². The number of nitrogens with one attached hydrogen (secondary N) is 2. The number of amides is 3. The van der Waals surface area contributed by atoms with Gasteiger partial charge in [0, 0.05) is 11.3 Å². The van der Waals surface area contributed by atoms with Crippen molar-refractivity contribution in [3.63, 3.8) is 0 Å². The van der Waals surface area contributed by atoms with Crippen molar-refractivity contribution >= 4 is 56.8 Å². The Balaban J connectivity index is 2.00. The van der Waals surface area contributed by atoms with Gasteiger partial charge in [0.1, 0.15) is 12.1 Å². The minimum Gasteiger partial charge on any atom is -0.350 e. The third-order valence-corrected chi connectivity index (χ3v) is 6.12. The Bertz CT molecular complexity index is 672. The Morgan fingerprint density at radius 3 is 2.56 bits per heavy atom. The molecule has 3 amide bonds. The minimum atomic E-state index is -0.697. The molecule has 1 aliphatic rings. The van der Waals surface area contributed by atoms with Crippen LogP contribution < -0.4 is 10.6 Å². The van der Waals surface area contributed by atoms with Gasteiger partial charge in [0.05, 0.1) is 14.5 Å². The standard InChI is InChI=1S/C16H22BrN3O3S2/c1-9(18-14(22)11-5-6-12(17)25-11)15(23)20-8-24-7-10(20)13(21)19-16(2,3)4/h5-6,9-10H,7-8H2,1-4H3,(H,18,22)(H,19,21). The maximum atomic E-state index is 12.7. The molecule has 0 spiro atoms. The summed E-state index contributed by atoms with van der Waals surface area (Å²) in [6.07, 6.45) is 0. The molecule has 1 aliphatic heterocycles. The minimum absolute atomic E-state index is 0.161. The van der Waals surface area contributed by atoms with Crippen LogP contribution in [0, 0.1) is 0 Å². The Morgan fingerprint density at radius 1 is 1.32 bits per heavy atom. The zero-order valence-corrected chi connectivity index (χ0v) is 17.8. The molecule has 9 heteroatoms. The van der Waals surface area contributed by atoms with Gasteiger partial charge in [-0.1, -0.05) is 0 Å². The number of halogens is 1. The van der Waals surface area contributed by atoms with Gasteiger partial charge in [-0.25, -0.2) is 0 Å². The van der Waals surface area contributed by atoms with Crippen LogP contribution in [0.5, 0.6) is 0 Å². The fraction of sp³-hybridized carbons (Fsp3) is 0.562. The van der Waals surface area contributed by atoms with Crippen LogP contribution in [0.3, 0.4) is 0 Å². The average Bonchev–Trinajstić information content (AvgIpc) is 3.13. The SMILES string of the molecule is CC(NC(=O)c1ccc(Br)s1)C(=O)N1CSCC1C(=O)NC(C)(C)C. The monoisotopic (exact) mass is 447 g/mol. The first kappa shape index (κ1) is 20.3. The summed E-state index contributed by atoms with van der Waals surface area (Å²) in [4.78, 5) is 39.4. The van der Waals surface area contributed by atoms with Crippen LogP contribution >= 0.6 is 39.0 Å². The van der Waals surface area contributed by atoms with Crippen molar-refractivity contribution < 1.29 is 14.4 Å². The number of hydrogen-bond donors (Lipinski definition) is 2. The molecule has 2 unspecified atom stereocenters. The molecule has 0 aromatic carbocycles. The number of thioether (sulfide) groups is 1. The van der Waals surface area contributed by atoms with E-state index in [1.807, 2.05) is 20.8 Å². The molecule has 1 aromatic rings. The van der Waals surface area contributed by atoms with E-state index in [-0.39, 0.29) is 23.3 Å². The van der Waals surface area contributed by atoms with Crippen molar-refractivity contribution in [3.8, 4) is 0 Å². The highest BCUT2D eigenvalue weighted by molar-refractivity contribution is 9.11. The van der Waals surface area contributed by atoms with Crippen LogP contribution in [0.1, 0.15) is 37.4 Å². The van der Waals surface area contributed by atoms with E-state index in [0.29, 0.717) is 16.5 Å². The van der Waals surface area contributed by atoms with Crippen LogP contribution in [-0.4, -0.2) is 51.9 Å². The van der Waals surface area contributed by atoms with E-state index >= 15 is 0 Å². The second-order valence-corrected chi connectivity index (χ2v) is 10.3. The zero-order chi connectivity index (χ0) is 18.8. The zero-order valence-electron chi connectivity index (χ0n) is 14.6. The highest BCUT2D eigenvalue weighted by Crippen LogP contribution is 2.24. The highest BCUT2D eigenvalue weighted by atomic mass is 79.9. The number of carbonyl (C=O) groups is 3. The topological polar surface area (TPSA) is 78.5 Å². The third kappa shape index (κ3) is 5.46. The van der Waals surface area contributed by atoms with E-state index in [4.69, 9.17) is 0 Å². The van der Waals surface area contributed by atoms with E-state index in [1.54, 1.807) is 24.0 Å². The maximum absolute atomic E-state index is 12.7. The molecule has 2 atom stereocenters. The molecular formula is C16H22BrN3O3S2. The normalized spacial score (nSPS) is 18.8. The lowest BCUT2D eigenvalue weighted by Crippen LogP contribution is -2.55. The highest BCUT2D eigenvalue weighted by Gasteiger charge is 2.37. The lowest BCUT2D eigenvalue weighted by molar-refractivity contribution is -0.139. The van der Waals surface area contributed by atoms with Crippen LogP contribution in [0.25, 0.3) is 0 Å². The summed E-state index contributed by atoms with van der Waals surface area (Å²) in [6.45, 7) is 7.36. The first-order chi connectivity index (χ1) is 11.6. The lowest BCUT2D eigenvalue weighted by Gasteiger charge is -2.29. The van der Waals surface area contributed by atoms with Crippen molar-refractivity contribution in [1.29, 1.82) is 0 Å². The van der Waals surface area contributed by atoms with Gasteiger partial charge in [-0.3, -0.25) is 14.4 Å². The Labute approximate surface area is 164 Å². The summed E-state index contributed by atoms with van der Waals surface area (Å²) in [6, 6.07) is 2.28. The van der Waals surface area contributed by atoms with E-state index in [0.717, 1.165) is 3.79 Å². The lowest BCUT2D eigenvalue weighted by atomic mass is 10.1. The van der Waals surface area contributed by atoms with Crippen molar-refractivity contribution in [1.82, 2.24) is 15.5 Å². The second-order valence-electron chi connectivity index (χ2n) is 6.86. The Morgan fingerprint density at radius 2 is 2.00 bits per heavy atom. The van der Waals surface area contributed by atoms with Crippen LogP contribution in [0.2, 0.25) is 0 Å². The molecule has 1 fully saturated rings. The molecule has 6 nitrogen and oxygen atoms in total. The van der Waals surface area contributed by atoms with E-state index < -0.39 is 12.1 Å². The van der Waals surface area contributed by atoms with Gasteiger partial charge in [-0.15, -0.1) is 23.1 Å². The van der Waals surface area contributed by atoms with Gasteiger partial charge < -0.3 is 15.5 Å². The van der Waals surface area contributed by atoms with Crippen molar-refractivity contribution in [3.05, 3.63) is 20.8 Å². The van der Waals surface area contributed by atoms with E-state index in [1.165, 1.54) is 23.1 Å². The maximum Gasteiger partial charge on any atom is 0.262 e. The average molecular weight is 448 g/mol. The molecular weight excluding hydrogens is 426 g/mol. The summed E-state index contributed by atoms with van der Waals surface area (Å²) >= 11 is 6.15. The van der Waals surface area contributed by atoms with Crippen molar-refractivity contribution in [2.75, 3.05) is 11.6 Å². The molecule has 2 N–H and O–H groups in total. The van der Waals surface area contributed by atoms with Gasteiger partial charge in [-0.05, 0) is 55.8 Å². The van der Waals surface area contributed by atoms with E-state index in [2.05, 4.69) is 26.6 Å². The molecule has 0 bridgehead atoms. The molecule has 0 radical (unpaired) electrons. The molecule has 2 rings (SSSR count). The quantitative estimate of drug-likeness (QED) is 0.742. The number of nitrogens with zero attached hydrogens (tertiary/aromatic N) is 1. The fourth-order valence-electron chi connectivity index (χ4n) is 2.34. The van der Waals surface area contributed by atoms with Gasteiger partial charge in [0.2, 0.25) is 11.8 Å².